The van der Waals surface area contributed by atoms with E-state index in [1.807, 2.05) is 0 Å². The first kappa shape index (κ1) is 12.7. The molecule has 5 heteroatoms. The molecule has 2 aromatic rings. The van der Waals surface area contributed by atoms with Crippen LogP contribution in [-0.4, -0.2) is 4.98 Å². The lowest BCUT2D eigenvalue weighted by Crippen LogP contribution is -2.10. The van der Waals surface area contributed by atoms with Crippen LogP contribution >= 0.6 is 11.6 Å². The van der Waals surface area contributed by atoms with Crippen molar-refractivity contribution in [3.8, 4) is 0 Å². The summed E-state index contributed by atoms with van der Waals surface area (Å²) in [5.41, 5.74) is 1.27. The van der Waals surface area contributed by atoms with Crippen LogP contribution in [-0.2, 0) is 19.0 Å². The van der Waals surface area contributed by atoms with Crippen LogP contribution in [0.15, 0.2) is 18.2 Å². The van der Waals surface area contributed by atoms with Gasteiger partial charge in [0.1, 0.15) is 0 Å². The van der Waals surface area contributed by atoms with E-state index in [0.29, 0.717) is 11.9 Å². The molecule has 1 aromatic heterocycles. The third-order valence-corrected chi connectivity index (χ3v) is 3.94. The van der Waals surface area contributed by atoms with Crippen LogP contribution in [0.5, 0.6) is 0 Å². The van der Waals surface area contributed by atoms with Crippen molar-refractivity contribution < 1.29 is 13.2 Å². The van der Waals surface area contributed by atoms with Crippen LogP contribution in [0.1, 0.15) is 29.7 Å². The fraction of sp³-hybridized carbons (Fsp3) is 0.357. The molecule has 19 heavy (non-hydrogen) atoms. The number of pyridine rings is 1. The molecule has 0 N–H and O–H groups in total. The van der Waals surface area contributed by atoms with Crippen molar-refractivity contribution in [3.05, 3.63) is 40.0 Å². The molecule has 1 nitrogen and oxygen atoms in total. The number of fused-ring (bicyclic) bond motifs is 2. The maximum absolute atomic E-state index is 13.0. The zero-order valence-electron chi connectivity index (χ0n) is 10.0. The lowest BCUT2D eigenvalue weighted by atomic mass is 9.93. The van der Waals surface area contributed by atoms with Gasteiger partial charge in [-0.05, 0) is 43.4 Å². The highest BCUT2D eigenvalue weighted by Gasteiger charge is 2.34. The molecule has 0 fully saturated rings. The van der Waals surface area contributed by atoms with Gasteiger partial charge in [-0.25, -0.2) is 0 Å². The topological polar surface area (TPSA) is 12.9 Å². The Morgan fingerprint density at radius 3 is 2.58 bits per heavy atom. The molecular weight excluding hydrogens is 275 g/mol. The summed E-state index contributed by atoms with van der Waals surface area (Å²) in [4.78, 5) is 4.37. The van der Waals surface area contributed by atoms with Crippen LogP contribution in [0, 0.1) is 0 Å². The molecule has 0 unspecified atom stereocenters. The van der Waals surface area contributed by atoms with Gasteiger partial charge in [0.15, 0.2) is 0 Å². The van der Waals surface area contributed by atoms with Gasteiger partial charge in [-0.1, -0.05) is 17.7 Å². The van der Waals surface area contributed by atoms with Gasteiger partial charge in [0.05, 0.1) is 16.1 Å². The standard InChI is InChI=1S/C14H11ClF3N/c15-13-8-4-1-2-6-10(8)19-11-7-3-5-9(12(11)13)14(16,17)18/h3,5,7H,1-2,4,6H2. The van der Waals surface area contributed by atoms with Crippen LogP contribution in [0.4, 0.5) is 13.2 Å². The Bertz CT molecular complexity index is 649. The van der Waals surface area contributed by atoms with Crippen molar-refractivity contribution in [2.75, 3.05) is 0 Å². The summed E-state index contributed by atoms with van der Waals surface area (Å²) < 4.78 is 39.1. The fourth-order valence-electron chi connectivity index (χ4n) is 2.65. The highest BCUT2D eigenvalue weighted by atomic mass is 35.5. The Morgan fingerprint density at radius 2 is 1.84 bits per heavy atom. The third-order valence-electron chi connectivity index (χ3n) is 3.53. The quantitative estimate of drug-likeness (QED) is 0.678. The number of benzene rings is 1. The van der Waals surface area contributed by atoms with Crippen molar-refractivity contribution in [2.24, 2.45) is 0 Å². The van der Waals surface area contributed by atoms with E-state index in [4.69, 9.17) is 11.6 Å². The van der Waals surface area contributed by atoms with Crippen molar-refractivity contribution in [2.45, 2.75) is 31.9 Å². The molecule has 1 heterocycles. The second-order valence-corrected chi connectivity index (χ2v) is 5.13. The normalized spacial score (nSPS) is 15.6. The van der Waals surface area contributed by atoms with Crippen LogP contribution < -0.4 is 0 Å². The summed E-state index contributed by atoms with van der Waals surface area (Å²) in [5.74, 6) is 0. The lowest BCUT2D eigenvalue weighted by Gasteiger charge is -2.19. The van der Waals surface area contributed by atoms with Gasteiger partial charge in [-0.3, -0.25) is 4.98 Å². The van der Waals surface area contributed by atoms with Gasteiger partial charge in [-0.15, -0.1) is 0 Å². The van der Waals surface area contributed by atoms with Gasteiger partial charge in [0, 0.05) is 11.1 Å². The van der Waals surface area contributed by atoms with Crippen molar-refractivity contribution in [1.82, 2.24) is 4.98 Å². The monoisotopic (exact) mass is 285 g/mol. The summed E-state index contributed by atoms with van der Waals surface area (Å²) in [6.07, 6.45) is -0.937. The smallest absolute Gasteiger partial charge is 0.252 e. The minimum absolute atomic E-state index is 0.0392. The van der Waals surface area contributed by atoms with Gasteiger partial charge in [0.25, 0.3) is 0 Å². The molecule has 0 saturated carbocycles. The summed E-state index contributed by atoms with van der Waals surface area (Å²) in [5, 5.41) is 0.268. The Morgan fingerprint density at radius 1 is 1.11 bits per heavy atom. The minimum Gasteiger partial charge on any atom is -0.252 e. The van der Waals surface area contributed by atoms with E-state index in [1.165, 1.54) is 6.07 Å². The van der Waals surface area contributed by atoms with Crippen LogP contribution in [0.3, 0.4) is 0 Å². The van der Waals surface area contributed by atoms with E-state index in [1.54, 1.807) is 6.07 Å². The lowest BCUT2D eigenvalue weighted by molar-refractivity contribution is -0.136. The van der Waals surface area contributed by atoms with Crippen molar-refractivity contribution in [3.63, 3.8) is 0 Å². The Kier molecular flexibility index (Phi) is 2.93. The molecule has 1 aliphatic carbocycles. The molecule has 0 spiro atoms. The van der Waals surface area contributed by atoms with Crippen LogP contribution in [0.25, 0.3) is 10.9 Å². The summed E-state index contributed by atoms with van der Waals surface area (Å²) in [6, 6.07) is 4.03. The maximum Gasteiger partial charge on any atom is 0.417 e. The fourth-order valence-corrected chi connectivity index (χ4v) is 3.05. The first-order chi connectivity index (χ1) is 8.98. The minimum atomic E-state index is -4.41. The molecule has 1 aromatic carbocycles. The molecule has 0 bridgehead atoms. The molecule has 0 amide bonds. The van der Waals surface area contributed by atoms with Crippen LogP contribution in [0.2, 0.25) is 5.02 Å². The highest BCUT2D eigenvalue weighted by Crippen LogP contribution is 2.40. The number of hydrogen-bond donors (Lipinski definition) is 0. The highest BCUT2D eigenvalue weighted by molar-refractivity contribution is 6.36. The van der Waals surface area contributed by atoms with E-state index in [9.17, 15) is 13.2 Å². The third kappa shape index (κ3) is 2.08. The second kappa shape index (κ2) is 4.37. The average Bonchev–Trinajstić information content (AvgIpc) is 2.37. The van der Waals surface area contributed by atoms with E-state index in [0.717, 1.165) is 36.6 Å². The number of halogens is 4. The largest absolute Gasteiger partial charge is 0.417 e. The first-order valence-electron chi connectivity index (χ1n) is 6.15. The van der Waals surface area contributed by atoms with Gasteiger partial charge >= 0.3 is 6.18 Å². The molecule has 0 aliphatic heterocycles. The summed E-state index contributed by atoms with van der Waals surface area (Å²) in [7, 11) is 0. The number of alkyl halides is 3. The SMILES string of the molecule is FC(F)(F)c1cccc2nc3c(c(Cl)c12)CCCC3. The number of aromatic nitrogens is 1. The molecule has 0 saturated heterocycles. The predicted octanol–water partition coefficient (Wildman–Crippen LogP) is 4.79. The average molecular weight is 286 g/mol. The van der Waals surface area contributed by atoms with E-state index in [2.05, 4.69) is 4.98 Å². The number of rotatable bonds is 0. The second-order valence-electron chi connectivity index (χ2n) is 4.76. The first-order valence-corrected chi connectivity index (χ1v) is 6.53. The molecule has 0 atom stereocenters. The molecule has 100 valence electrons. The molecule has 1 aliphatic rings. The Labute approximate surface area is 113 Å². The zero-order valence-corrected chi connectivity index (χ0v) is 10.8. The Balaban J connectivity index is 2.37. The van der Waals surface area contributed by atoms with Gasteiger partial charge in [0.2, 0.25) is 0 Å². The zero-order chi connectivity index (χ0) is 13.6. The van der Waals surface area contributed by atoms with Crippen molar-refractivity contribution >= 4 is 22.5 Å². The molecule has 0 radical (unpaired) electrons. The maximum atomic E-state index is 13.0. The Hall–Kier alpha value is -1.29. The van der Waals surface area contributed by atoms with Crippen molar-refractivity contribution in [1.29, 1.82) is 0 Å². The summed E-state index contributed by atoms with van der Waals surface area (Å²) >= 11 is 6.23. The van der Waals surface area contributed by atoms with Gasteiger partial charge < -0.3 is 0 Å². The van der Waals surface area contributed by atoms with E-state index < -0.39 is 11.7 Å². The number of hydrogen-bond acceptors (Lipinski definition) is 1. The number of nitrogens with zero attached hydrogens (tertiary/aromatic N) is 1. The van der Waals surface area contributed by atoms with E-state index in [-0.39, 0.29) is 10.4 Å². The molecule has 3 rings (SSSR count). The van der Waals surface area contributed by atoms with Gasteiger partial charge in [-0.2, -0.15) is 13.2 Å². The predicted molar refractivity (Wildman–Crippen MR) is 68.4 cm³/mol. The summed E-state index contributed by atoms with van der Waals surface area (Å²) in [6.45, 7) is 0. The molecular formula is C14H11ClF3N. The number of aryl methyl sites for hydroxylation is 1. The van der Waals surface area contributed by atoms with E-state index >= 15 is 0 Å².